The minimum Gasteiger partial charge on any atom is -0.314 e. The summed E-state index contributed by atoms with van der Waals surface area (Å²) >= 11 is 6.16. The van der Waals surface area contributed by atoms with Gasteiger partial charge in [0.1, 0.15) is 0 Å². The van der Waals surface area contributed by atoms with Gasteiger partial charge >= 0.3 is 0 Å². The maximum atomic E-state index is 12.3. The van der Waals surface area contributed by atoms with Crippen LogP contribution in [0.5, 0.6) is 0 Å². The molecule has 98 valence electrons. The number of carbonyl (C=O) groups excluding carboxylic acids is 1. The minimum atomic E-state index is -0.247. The topological polar surface area (TPSA) is 32.3 Å². The van der Waals surface area contributed by atoms with Crippen molar-refractivity contribution in [2.24, 2.45) is 0 Å². The molecule has 1 aromatic carbocycles. The molecule has 0 radical (unpaired) electrons. The number of anilines is 1. The molecule has 0 aromatic heterocycles. The largest absolute Gasteiger partial charge is 0.314 e. The summed E-state index contributed by atoms with van der Waals surface area (Å²) < 4.78 is 0. The van der Waals surface area contributed by atoms with E-state index in [1.54, 1.807) is 0 Å². The maximum absolute atomic E-state index is 12.3. The van der Waals surface area contributed by atoms with Gasteiger partial charge in [-0.2, -0.15) is 0 Å². The zero-order valence-corrected chi connectivity index (χ0v) is 11.8. The number of hydrogen-bond donors (Lipinski definition) is 1. The highest BCUT2D eigenvalue weighted by Gasteiger charge is 2.34. The van der Waals surface area contributed by atoms with Gasteiger partial charge in [-0.1, -0.05) is 17.7 Å². The summed E-state index contributed by atoms with van der Waals surface area (Å²) in [6.45, 7) is 7.62. The van der Waals surface area contributed by atoms with Crippen LogP contribution in [0.25, 0.3) is 0 Å². The normalized spacial score (nSPS) is 19.8. The Hall–Kier alpha value is -1.06. The van der Waals surface area contributed by atoms with E-state index in [0.29, 0.717) is 11.4 Å². The summed E-state index contributed by atoms with van der Waals surface area (Å²) in [5.41, 5.74) is 1.63. The molecule has 1 fully saturated rings. The third kappa shape index (κ3) is 2.38. The van der Waals surface area contributed by atoms with E-state index in [9.17, 15) is 4.79 Å². The van der Waals surface area contributed by atoms with Crippen molar-refractivity contribution in [2.75, 3.05) is 18.0 Å². The molecule has 18 heavy (non-hydrogen) atoms. The Bertz CT molecular complexity index is 471. The van der Waals surface area contributed by atoms with Crippen molar-refractivity contribution in [1.82, 2.24) is 5.32 Å². The third-order valence-corrected chi connectivity index (χ3v) is 3.82. The number of amides is 1. The van der Waals surface area contributed by atoms with Crippen LogP contribution in [-0.4, -0.2) is 24.5 Å². The molecule has 1 amide bonds. The number of hydrogen-bond acceptors (Lipinski definition) is 2. The number of benzene rings is 1. The zero-order valence-electron chi connectivity index (χ0n) is 11.1. The smallest absolute Gasteiger partial charge is 0.228 e. The van der Waals surface area contributed by atoms with Gasteiger partial charge in [-0.3, -0.25) is 4.79 Å². The van der Waals surface area contributed by atoms with E-state index < -0.39 is 0 Å². The molecule has 1 heterocycles. The molecule has 1 saturated heterocycles. The number of rotatable bonds is 1. The van der Waals surface area contributed by atoms with E-state index in [0.717, 1.165) is 24.3 Å². The molecular formula is C14H19ClN2O. The highest BCUT2D eigenvalue weighted by atomic mass is 35.5. The molecular weight excluding hydrogens is 248 g/mol. The van der Waals surface area contributed by atoms with Crippen LogP contribution in [0.1, 0.15) is 25.8 Å². The second kappa shape index (κ2) is 4.90. The Balaban J connectivity index is 2.51. The van der Waals surface area contributed by atoms with Crippen molar-refractivity contribution >= 4 is 23.2 Å². The van der Waals surface area contributed by atoms with Crippen molar-refractivity contribution in [1.29, 1.82) is 0 Å². The second-order valence-electron chi connectivity index (χ2n) is 5.35. The number of halogens is 1. The van der Waals surface area contributed by atoms with E-state index >= 15 is 0 Å². The van der Waals surface area contributed by atoms with E-state index in [1.807, 2.05) is 30.0 Å². The van der Waals surface area contributed by atoms with Crippen molar-refractivity contribution in [3.63, 3.8) is 0 Å². The molecule has 0 unspecified atom stereocenters. The van der Waals surface area contributed by atoms with Crippen molar-refractivity contribution in [3.8, 4) is 0 Å². The third-order valence-electron chi connectivity index (χ3n) is 3.41. The SMILES string of the molecule is Cc1c(Cl)cccc1N1C(=O)CCNCC1(C)C. The summed E-state index contributed by atoms with van der Waals surface area (Å²) in [4.78, 5) is 14.2. The average molecular weight is 267 g/mol. The maximum Gasteiger partial charge on any atom is 0.228 e. The van der Waals surface area contributed by atoms with Gasteiger partial charge in [0.25, 0.3) is 0 Å². The predicted molar refractivity (Wildman–Crippen MR) is 75.2 cm³/mol. The lowest BCUT2D eigenvalue weighted by molar-refractivity contribution is -0.119. The first kappa shape index (κ1) is 13.4. The van der Waals surface area contributed by atoms with E-state index in [4.69, 9.17) is 11.6 Å². The molecule has 0 saturated carbocycles. The van der Waals surface area contributed by atoms with Crippen LogP contribution in [0.15, 0.2) is 18.2 Å². The summed E-state index contributed by atoms with van der Waals surface area (Å²) in [7, 11) is 0. The van der Waals surface area contributed by atoms with Crippen LogP contribution in [0, 0.1) is 6.92 Å². The summed E-state index contributed by atoms with van der Waals surface area (Å²) in [5.74, 6) is 0.148. The van der Waals surface area contributed by atoms with Crippen molar-refractivity contribution in [3.05, 3.63) is 28.8 Å². The molecule has 1 aromatic rings. The van der Waals surface area contributed by atoms with E-state index in [-0.39, 0.29) is 11.4 Å². The fourth-order valence-corrected chi connectivity index (χ4v) is 2.59. The molecule has 1 aliphatic rings. The molecule has 1 N–H and O–H groups in total. The number of nitrogens with one attached hydrogen (secondary N) is 1. The lowest BCUT2D eigenvalue weighted by Crippen LogP contribution is -2.51. The van der Waals surface area contributed by atoms with Gasteiger partial charge < -0.3 is 10.2 Å². The fourth-order valence-electron chi connectivity index (χ4n) is 2.42. The minimum absolute atomic E-state index is 0.148. The molecule has 3 nitrogen and oxygen atoms in total. The van der Waals surface area contributed by atoms with Crippen LogP contribution < -0.4 is 10.2 Å². The first-order valence-corrected chi connectivity index (χ1v) is 6.60. The summed E-state index contributed by atoms with van der Waals surface area (Å²) in [5, 5.41) is 4.01. The van der Waals surface area contributed by atoms with E-state index in [2.05, 4.69) is 19.2 Å². The average Bonchev–Trinajstić information content (AvgIpc) is 2.42. The molecule has 0 aliphatic carbocycles. The standard InChI is InChI=1S/C14H19ClN2O/c1-10-11(15)5-4-6-12(10)17-13(18)7-8-16-9-14(17,2)3/h4-6,16H,7-9H2,1-3H3. The van der Waals surface area contributed by atoms with Crippen LogP contribution in [0.2, 0.25) is 5.02 Å². The first-order valence-electron chi connectivity index (χ1n) is 6.22. The Labute approximate surface area is 113 Å². The van der Waals surface area contributed by atoms with Crippen molar-refractivity contribution in [2.45, 2.75) is 32.7 Å². The van der Waals surface area contributed by atoms with Gasteiger partial charge in [0.2, 0.25) is 5.91 Å². The Morgan fingerprint density at radius 2 is 2.11 bits per heavy atom. The zero-order chi connectivity index (χ0) is 13.3. The van der Waals surface area contributed by atoms with Gasteiger partial charge in [0, 0.05) is 30.2 Å². The molecule has 0 bridgehead atoms. The number of nitrogens with zero attached hydrogens (tertiary/aromatic N) is 1. The van der Waals surface area contributed by atoms with Gasteiger partial charge in [-0.15, -0.1) is 0 Å². The highest BCUT2D eigenvalue weighted by Crippen LogP contribution is 2.32. The number of carbonyl (C=O) groups is 1. The van der Waals surface area contributed by atoms with E-state index in [1.165, 1.54) is 0 Å². The lowest BCUT2D eigenvalue weighted by atomic mass is 10.0. The van der Waals surface area contributed by atoms with Crippen LogP contribution in [-0.2, 0) is 4.79 Å². The molecule has 2 rings (SSSR count). The fraction of sp³-hybridized carbons (Fsp3) is 0.500. The highest BCUT2D eigenvalue weighted by molar-refractivity contribution is 6.31. The molecule has 1 aliphatic heterocycles. The Kier molecular flexibility index (Phi) is 3.64. The van der Waals surface area contributed by atoms with Crippen LogP contribution in [0.4, 0.5) is 5.69 Å². The van der Waals surface area contributed by atoms with Gasteiger partial charge in [0.15, 0.2) is 0 Å². The van der Waals surface area contributed by atoms with Gasteiger partial charge in [0.05, 0.1) is 5.54 Å². The lowest BCUT2D eigenvalue weighted by Gasteiger charge is -2.38. The predicted octanol–water partition coefficient (Wildman–Crippen LogP) is 2.75. The first-order chi connectivity index (χ1) is 8.43. The van der Waals surface area contributed by atoms with Crippen LogP contribution in [0.3, 0.4) is 0 Å². The van der Waals surface area contributed by atoms with Gasteiger partial charge in [-0.05, 0) is 38.5 Å². The molecule has 0 spiro atoms. The molecule has 4 heteroatoms. The van der Waals surface area contributed by atoms with Gasteiger partial charge in [-0.25, -0.2) is 0 Å². The Morgan fingerprint density at radius 3 is 2.83 bits per heavy atom. The van der Waals surface area contributed by atoms with Crippen molar-refractivity contribution < 1.29 is 4.79 Å². The van der Waals surface area contributed by atoms with Crippen LogP contribution >= 0.6 is 11.6 Å². The monoisotopic (exact) mass is 266 g/mol. The Morgan fingerprint density at radius 1 is 1.39 bits per heavy atom. The summed E-state index contributed by atoms with van der Waals surface area (Å²) in [6, 6.07) is 5.71. The quantitative estimate of drug-likeness (QED) is 0.848. The second-order valence-corrected chi connectivity index (χ2v) is 5.76. The summed E-state index contributed by atoms with van der Waals surface area (Å²) in [6.07, 6.45) is 0.523. The molecule has 0 atom stereocenters.